The van der Waals surface area contributed by atoms with Gasteiger partial charge in [-0.05, 0) is 93.1 Å². The number of carbonyl (C=O) groups is 3. The molecule has 0 fully saturated rings. The number of H-pyrrole nitrogens is 1. The van der Waals surface area contributed by atoms with Gasteiger partial charge >= 0.3 is 18.3 Å². The summed E-state index contributed by atoms with van der Waals surface area (Å²) in [6.45, 7) is 5.10. The van der Waals surface area contributed by atoms with Crippen LogP contribution in [-0.4, -0.2) is 102 Å². The van der Waals surface area contributed by atoms with Crippen LogP contribution >= 0.6 is 15.9 Å². The number of hydrogen-bond donors (Lipinski definition) is 1. The molecule has 0 unspecified atom stereocenters. The maximum Gasteiger partial charge on any atom is 0.413 e. The number of carbonyl (C=O) groups excluding carboxylic acids is 3. The molecule has 0 aliphatic carbocycles. The Morgan fingerprint density at radius 1 is 0.645 bits per heavy atom. The topological polar surface area (TPSA) is 199 Å². The van der Waals surface area contributed by atoms with Gasteiger partial charge in [-0.1, -0.05) is 66.2 Å². The first-order valence-electron chi connectivity index (χ1n) is 22.4. The van der Waals surface area contributed by atoms with Gasteiger partial charge in [0.15, 0.2) is 0 Å². The van der Waals surface area contributed by atoms with Crippen LogP contribution in [0.3, 0.4) is 0 Å². The van der Waals surface area contributed by atoms with Crippen LogP contribution in [0.25, 0.3) is 21.8 Å². The minimum absolute atomic E-state index is 0. The number of aryl methyl sites for hydroxylation is 2. The van der Waals surface area contributed by atoms with Gasteiger partial charge in [0, 0.05) is 78.5 Å². The van der Waals surface area contributed by atoms with E-state index in [1.165, 1.54) is 84.9 Å². The largest absolute Gasteiger partial charge is 0.452 e. The van der Waals surface area contributed by atoms with E-state index in [-0.39, 0.29) is 47.1 Å². The summed E-state index contributed by atoms with van der Waals surface area (Å²) in [5, 5.41) is 0.866. The zero-order chi connectivity index (χ0) is 53.8. The summed E-state index contributed by atoms with van der Waals surface area (Å²) in [5.74, 6) is -0.929. The first-order chi connectivity index (χ1) is 35.1. The molecule has 4 heterocycles. The van der Waals surface area contributed by atoms with Crippen LogP contribution in [0.4, 0.5) is 45.9 Å². The Balaban J connectivity index is 0.000000209. The number of rotatable bonds is 9. The fraction of sp³-hybridized carbons (Fsp3) is 0.245. The van der Waals surface area contributed by atoms with Gasteiger partial charge in [0.25, 0.3) is 20.0 Å². The molecule has 23 heteroatoms. The highest BCUT2D eigenvalue weighted by Crippen LogP contribution is 2.36. The molecule has 3 aromatic heterocycles. The molecule has 9 rings (SSSR count). The summed E-state index contributed by atoms with van der Waals surface area (Å²) >= 11 is 3.45. The number of fused-ring (bicyclic) bond motifs is 3. The Hall–Kier alpha value is -7.76. The van der Waals surface area contributed by atoms with E-state index in [0.29, 0.717) is 39.9 Å². The van der Waals surface area contributed by atoms with Crippen LogP contribution in [0, 0.1) is 25.5 Å². The highest BCUT2D eigenvalue weighted by atomic mass is 79.9. The number of amides is 3. The monoisotopic (exact) mass is 1150 g/mol. The van der Waals surface area contributed by atoms with Gasteiger partial charge in [-0.2, -0.15) is 0 Å². The van der Waals surface area contributed by atoms with Gasteiger partial charge in [-0.15, -0.1) is 0 Å². The van der Waals surface area contributed by atoms with Crippen LogP contribution in [0.5, 0.6) is 0 Å². The van der Waals surface area contributed by atoms with Crippen molar-refractivity contribution in [1.29, 1.82) is 0 Å². The van der Waals surface area contributed by atoms with E-state index in [1.807, 2.05) is 19.9 Å². The zero-order valence-corrected chi connectivity index (χ0v) is 44.6. The third kappa shape index (κ3) is 12.2. The molecule has 3 amide bonds. The number of halogens is 3. The van der Waals surface area contributed by atoms with Crippen molar-refractivity contribution in [3.8, 4) is 0 Å². The molecular weight excluding hydrogens is 1090 g/mol. The van der Waals surface area contributed by atoms with Crippen molar-refractivity contribution in [1.82, 2.24) is 17.9 Å². The molecular formula is C53H59BrF2N8O10S2. The molecule has 8 aromatic rings. The molecule has 0 radical (unpaired) electrons. The highest BCUT2D eigenvalue weighted by Gasteiger charge is 2.27. The van der Waals surface area contributed by atoms with Gasteiger partial charge in [0.2, 0.25) is 0 Å². The Bertz CT molecular complexity index is 3430. The number of anilines is 4. The van der Waals surface area contributed by atoms with Crippen molar-refractivity contribution in [2.24, 2.45) is 0 Å². The second-order valence-electron chi connectivity index (χ2n) is 16.8. The van der Waals surface area contributed by atoms with E-state index in [0.717, 1.165) is 49.4 Å². The molecule has 76 heavy (non-hydrogen) atoms. The van der Waals surface area contributed by atoms with Gasteiger partial charge in [-0.3, -0.25) is 14.7 Å². The maximum atomic E-state index is 14.4. The van der Waals surface area contributed by atoms with Crippen molar-refractivity contribution < 1.29 is 54.2 Å². The van der Waals surface area contributed by atoms with Crippen LogP contribution < -0.4 is 19.6 Å². The van der Waals surface area contributed by atoms with Crippen LogP contribution in [-0.2, 0) is 47.2 Å². The average Bonchev–Trinajstić information content (AvgIpc) is 4.24. The number of nitrogens with one attached hydrogen (secondary N) is 1. The number of benzene rings is 5. The molecule has 1 aliphatic rings. The molecule has 5 aromatic carbocycles. The highest BCUT2D eigenvalue weighted by molar-refractivity contribution is 9.10. The normalized spacial score (nSPS) is 11.7. The summed E-state index contributed by atoms with van der Waals surface area (Å²) < 4.78 is 97.6. The molecule has 18 nitrogen and oxygen atoms in total. The second-order valence-corrected chi connectivity index (χ2v) is 21.3. The molecule has 0 saturated carbocycles. The van der Waals surface area contributed by atoms with E-state index in [4.69, 9.17) is 4.74 Å². The van der Waals surface area contributed by atoms with E-state index in [1.54, 1.807) is 81.2 Å². The van der Waals surface area contributed by atoms with E-state index < -0.39 is 44.1 Å². The summed E-state index contributed by atoms with van der Waals surface area (Å²) in [5.41, 5.74) is 6.11. The van der Waals surface area contributed by atoms with Crippen LogP contribution in [0.2, 0.25) is 0 Å². The van der Waals surface area contributed by atoms with E-state index in [2.05, 4.69) is 40.3 Å². The predicted molar refractivity (Wildman–Crippen MR) is 295 cm³/mol. The number of imidazole rings is 1. The lowest BCUT2D eigenvalue weighted by Crippen LogP contribution is -2.26. The van der Waals surface area contributed by atoms with Crippen molar-refractivity contribution in [2.75, 3.05) is 68.6 Å². The Labute approximate surface area is 449 Å². The van der Waals surface area contributed by atoms with Crippen LogP contribution in [0.1, 0.15) is 37.2 Å². The second kappa shape index (κ2) is 24.3. The molecule has 0 bridgehead atoms. The van der Waals surface area contributed by atoms with Gasteiger partial charge in [0.1, 0.15) is 11.6 Å². The Kier molecular flexibility index (Phi) is 18.9. The smallest absolute Gasteiger partial charge is 0.413 e. The van der Waals surface area contributed by atoms with Gasteiger partial charge in [-0.25, -0.2) is 52.9 Å². The number of aromatic nitrogens is 4. The standard InChI is InChI=1S/C18H17BrN2O4S.C18H17FN2O4S.C15H17FN4O2.2CH4/c2*1-12-4-6-14(7-5-12)26(23,24)21-9-8-15-16(19)10-13(11-17(15)21)20(2)18(22)25-3;1-19(15(21)22-2)11-5-13(16)12-3-4-20(14(12)6-11)8-10-7-17-9-18-10;;/h2*4-11H,1-3H3;5-7,9H,3-4,8H2,1-2H3,(H,17,18);2*1H4. The predicted octanol–water partition coefficient (Wildman–Crippen LogP) is 11.3. The first-order valence-corrected chi connectivity index (χ1v) is 26.0. The maximum absolute atomic E-state index is 14.4. The number of hydrogen-bond acceptors (Lipinski definition) is 12. The fourth-order valence-corrected chi connectivity index (χ4v) is 11.2. The Morgan fingerprint density at radius 3 is 1.54 bits per heavy atom. The third-order valence-electron chi connectivity index (χ3n) is 12.1. The molecule has 1 aliphatic heterocycles. The number of nitrogens with zero attached hydrogens (tertiary/aromatic N) is 7. The van der Waals surface area contributed by atoms with Crippen molar-refractivity contribution in [3.05, 3.63) is 160 Å². The summed E-state index contributed by atoms with van der Waals surface area (Å²) in [6, 6.07) is 25.3. The fourth-order valence-electron chi connectivity index (χ4n) is 7.94. The molecule has 1 N–H and O–H groups in total. The van der Waals surface area contributed by atoms with E-state index in [9.17, 15) is 40.0 Å². The quantitative estimate of drug-likeness (QED) is 0.134. The minimum atomic E-state index is -3.91. The lowest BCUT2D eigenvalue weighted by atomic mass is 10.1. The lowest BCUT2D eigenvalue weighted by molar-refractivity contribution is 0.179. The molecule has 0 atom stereocenters. The number of methoxy groups -OCH3 is 3. The van der Waals surface area contributed by atoms with Crippen molar-refractivity contribution >= 4 is 98.8 Å². The molecule has 404 valence electrons. The summed E-state index contributed by atoms with van der Waals surface area (Å²) in [4.78, 5) is 48.2. The van der Waals surface area contributed by atoms with Gasteiger partial charge < -0.3 is 24.1 Å². The molecule has 0 saturated heterocycles. The first kappa shape index (κ1) is 59.1. The SMILES string of the molecule is C.C.COC(=O)N(C)c1cc(Br)c2ccn(S(=O)(=O)c3ccc(C)cc3)c2c1.COC(=O)N(C)c1cc(F)c2c(c1)N(Cc1cnc[nH]1)CC2.COC(=O)N(C)c1cc(F)c2ccn(S(=O)(=O)c3ccc(C)cc3)c2c1. The summed E-state index contributed by atoms with van der Waals surface area (Å²) in [6.07, 6.45) is 5.05. The minimum Gasteiger partial charge on any atom is -0.452 e. The Morgan fingerprint density at radius 2 is 1.08 bits per heavy atom. The number of ether oxygens (including phenoxy) is 3. The van der Waals surface area contributed by atoms with Gasteiger partial charge in [0.05, 0.1) is 72.1 Å². The zero-order valence-electron chi connectivity index (χ0n) is 41.3. The van der Waals surface area contributed by atoms with Crippen molar-refractivity contribution in [2.45, 2.75) is 51.5 Å². The third-order valence-corrected chi connectivity index (χ3v) is 16.2. The lowest BCUT2D eigenvalue weighted by Gasteiger charge is -2.21. The average molecular weight is 1150 g/mol. The number of aromatic amines is 1. The summed E-state index contributed by atoms with van der Waals surface area (Å²) in [7, 11) is 0.647. The van der Waals surface area contributed by atoms with E-state index >= 15 is 0 Å². The van der Waals surface area contributed by atoms with Crippen molar-refractivity contribution in [3.63, 3.8) is 0 Å². The molecule has 0 spiro atoms. The van der Waals surface area contributed by atoms with Crippen LogP contribution in [0.15, 0.2) is 136 Å².